The molecule has 0 amide bonds. The molecule has 0 saturated heterocycles. The van der Waals surface area contributed by atoms with E-state index in [1.165, 1.54) is 22.5 Å². The van der Waals surface area contributed by atoms with E-state index in [1.807, 2.05) is 0 Å². The van der Waals surface area contributed by atoms with Gasteiger partial charge in [-0.3, -0.25) is 0 Å². The number of hydrogen-bond acceptors (Lipinski definition) is 2. The van der Waals surface area contributed by atoms with Crippen LogP contribution in [0.5, 0.6) is 0 Å². The van der Waals surface area contributed by atoms with Gasteiger partial charge in [-0.2, -0.15) is 0 Å². The van der Waals surface area contributed by atoms with E-state index in [9.17, 15) is 0 Å². The maximum absolute atomic E-state index is 3.51. The Kier molecular flexibility index (Phi) is 4.00. The number of thiophene rings is 1. The van der Waals surface area contributed by atoms with Crippen LogP contribution in [0.4, 0.5) is 5.69 Å². The van der Waals surface area contributed by atoms with Crippen molar-refractivity contribution in [1.29, 1.82) is 0 Å². The Hall–Kier alpha value is -1.28. The summed E-state index contributed by atoms with van der Waals surface area (Å²) in [5.74, 6) is 0. The third kappa shape index (κ3) is 2.86. The Morgan fingerprint density at radius 2 is 2.00 bits per heavy atom. The van der Waals surface area contributed by atoms with Gasteiger partial charge in [0.2, 0.25) is 0 Å². The Morgan fingerprint density at radius 3 is 2.75 bits per heavy atom. The first kappa shape index (κ1) is 11.2. The Bertz CT molecular complexity index is 420. The van der Waals surface area contributed by atoms with E-state index < -0.39 is 0 Å². The molecule has 1 nitrogen and oxygen atoms in total. The highest BCUT2D eigenvalue weighted by Gasteiger charge is 2.00. The molecule has 0 aliphatic heterocycles. The third-order valence-corrected chi connectivity index (χ3v) is 3.45. The summed E-state index contributed by atoms with van der Waals surface area (Å²) in [5, 5.41) is 5.63. The predicted molar refractivity (Wildman–Crippen MR) is 72.1 cm³/mol. The zero-order valence-corrected chi connectivity index (χ0v) is 10.4. The van der Waals surface area contributed by atoms with Gasteiger partial charge in [0.05, 0.1) is 0 Å². The first-order chi connectivity index (χ1) is 7.90. The van der Waals surface area contributed by atoms with Crippen LogP contribution < -0.4 is 5.32 Å². The van der Waals surface area contributed by atoms with Crippen molar-refractivity contribution in [2.45, 2.75) is 26.3 Å². The number of rotatable bonds is 5. The molecule has 84 valence electrons. The zero-order valence-electron chi connectivity index (χ0n) is 9.57. The zero-order chi connectivity index (χ0) is 11.2. The van der Waals surface area contributed by atoms with Crippen LogP contribution in [0.2, 0.25) is 0 Å². The van der Waals surface area contributed by atoms with E-state index in [-0.39, 0.29) is 0 Å². The van der Waals surface area contributed by atoms with Crippen LogP contribution in [-0.4, -0.2) is 0 Å². The molecule has 1 N–H and O–H groups in total. The third-order valence-electron chi connectivity index (χ3n) is 2.57. The highest BCUT2D eigenvalue weighted by molar-refractivity contribution is 7.09. The molecule has 1 aromatic heterocycles. The predicted octanol–water partition coefficient (Wildman–Crippen LogP) is 4.31. The van der Waals surface area contributed by atoms with E-state index in [1.54, 1.807) is 11.3 Å². The monoisotopic (exact) mass is 231 g/mol. The van der Waals surface area contributed by atoms with Gasteiger partial charge in [-0.05, 0) is 29.5 Å². The summed E-state index contributed by atoms with van der Waals surface area (Å²) in [7, 11) is 0. The van der Waals surface area contributed by atoms with E-state index in [4.69, 9.17) is 0 Å². The summed E-state index contributed by atoms with van der Waals surface area (Å²) >= 11 is 1.80. The maximum atomic E-state index is 3.51. The molecule has 1 heterocycles. The molecule has 0 unspecified atom stereocenters. The fourth-order valence-corrected chi connectivity index (χ4v) is 2.42. The second-order valence-corrected chi connectivity index (χ2v) is 4.87. The molecule has 16 heavy (non-hydrogen) atoms. The fourth-order valence-electron chi connectivity index (χ4n) is 1.78. The summed E-state index contributed by atoms with van der Waals surface area (Å²) in [6.45, 7) is 3.15. The van der Waals surface area contributed by atoms with Crippen molar-refractivity contribution in [1.82, 2.24) is 0 Å². The van der Waals surface area contributed by atoms with Crippen molar-refractivity contribution < 1.29 is 0 Å². The molecule has 2 rings (SSSR count). The second kappa shape index (κ2) is 5.71. The lowest BCUT2D eigenvalue weighted by atomic mass is 10.1. The van der Waals surface area contributed by atoms with Crippen LogP contribution in [-0.2, 0) is 13.0 Å². The molecule has 0 saturated carbocycles. The van der Waals surface area contributed by atoms with Gasteiger partial charge < -0.3 is 5.32 Å². The summed E-state index contributed by atoms with van der Waals surface area (Å²) in [4.78, 5) is 1.38. The van der Waals surface area contributed by atoms with Crippen molar-refractivity contribution in [3.05, 3.63) is 52.2 Å². The smallest absolute Gasteiger partial charge is 0.0494 e. The molecule has 2 heteroatoms. The van der Waals surface area contributed by atoms with Gasteiger partial charge in [-0.1, -0.05) is 37.6 Å². The number of hydrogen-bond donors (Lipinski definition) is 1. The Balaban J connectivity index is 2.03. The molecule has 0 aliphatic carbocycles. The summed E-state index contributed by atoms with van der Waals surface area (Å²) in [6, 6.07) is 12.8. The van der Waals surface area contributed by atoms with E-state index in [0.29, 0.717) is 0 Å². The number of aryl methyl sites for hydroxylation is 1. The molecular formula is C14H17NS. The van der Waals surface area contributed by atoms with Crippen LogP contribution >= 0.6 is 11.3 Å². The average molecular weight is 231 g/mol. The molecule has 0 bridgehead atoms. The van der Waals surface area contributed by atoms with Gasteiger partial charge in [-0.15, -0.1) is 11.3 Å². The number of benzene rings is 1. The van der Waals surface area contributed by atoms with Gasteiger partial charge in [0.1, 0.15) is 0 Å². The van der Waals surface area contributed by atoms with Gasteiger partial charge in [0, 0.05) is 17.1 Å². The molecule has 0 radical (unpaired) electrons. The Morgan fingerprint density at radius 1 is 1.12 bits per heavy atom. The highest BCUT2D eigenvalue weighted by Crippen LogP contribution is 2.18. The van der Waals surface area contributed by atoms with Crippen LogP contribution in [0.1, 0.15) is 23.8 Å². The molecule has 0 atom stereocenters. The topological polar surface area (TPSA) is 12.0 Å². The van der Waals surface area contributed by atoms with E-state index in [0.717, 1.165) is 13.0 Å². The molecule has 0 aliphatic rings. The highest BCUT2D eigenvalue weighted by atomic mass is 32.1. The lowest BCUT2D eigenvalue weighted by Gasteiger charge is -2.10. The van der Waals surface area contributed by atoms with E-state index >= 15 is 0 Å². The fraction of sp³-hybridized carbons (Fsp3) is 0.286. The van der Waals surface area contributed by atoms with Crippen LogP contribution in [0.15, 0.2) is 41.8 Å². The van der Waals surface area contributed by atoms with Gasteiger partial charge in [0.25, 0.3) is 0 Å². The van der Waals surface area contributed by atoms with Crippen LogP contribution in [0, 0.1) is 0 Å². The largest absolute Gasteiger partial charge is 0.380 e. The molecule has 2 aromatic rings. The standard InChI is InChI=1S/C14H17NS/c1-2-6-12-7-3-4-9-14(12)15-11-13-8-5-10-16-13/h3-5,7-10,15H,2,6,11H2,1H3. The van der Waals surface area contributed by atoms with Crippen LogP contribution in [0.25, 0.3) is 0 Å². The molecule has 1 aromatic carbocycles. The molecular weight excluding hydrogens is 214 g/mol. The van der Waals surface area contributed by atoms with Gasteiger partial charge >= 0.3 is 0 Å². The SMILES string of the molecule is CCCc1ccccc1NCc1cccs1. The average Bonchev–Trinajstić information content (AvgIpc) is 2.81. The Labute approximate surface area is 101 Å². The maximum Gasteiger partial charge on any atom is 0.0494 e. The second-order valence-electron chi connectivity index (χ2n) is 3.84. The van der Waals surface area contributed by atoms with E-state index in [2.05, 4.69) is 54.0 Å². The summed E-state index contributed by atoms with van der Waals surface area (Å²) in [6.07, 6.45) is 2.34. The summed E-state index contributed by atoms with van der Waals surface area (Å²) in [5.41, 5.74) is 2.69. The minimum Gasteiger partial charge on any atom is -0.380 e. The normalized spacial score (nSPS) is 10.3. The number of anilines is 1. The van der Waals surface area contributed by atoms with Crippen LogP contribution in [0.3, 0.4) is 0 Å². The van der Waals surface area contributed by atoms with Crippen molar-refractivity contribution >= 4 is 17.0 Å². The first-order valence-corrected chi connectivity index (χ1v) is 6.62. The van der Waals surface area contributed by atoms with Crippen molar-refractivity contribution in [3.8, 4) is 0 Å². The lowest BCUT2D eigenvalue weighted by molar-refractivity contribution is 0.920. The van der Waals surface area contributed by atoms with Crippen molar-refractivity contribution in [3.63, 3.8) is 0 Å². The molecule has 0 fully saturated rings. The molecule has 0 spiro atoms. The first-order valence-electron chi connectivity index (χ1n) is 5.74. The minimum atomic E-state index is 0.929. The quantitative estimate of drug-likeness (QED) is 0.808. The van der Waals surface area contributed by atoms with Gasteiger partial charge in [0.15, 0.2) is 0 Å². The van der Waals surface area contributed by atoms with Crippen molar-refractivity contribution in [2.24, 2.45) is 0 Å². The minimum absolute atomic E-state index is 0.929. The number of nitrogens with one attached hydrogen (secondary N) is 1. The summed E-state index contributed by atoms with van der Waals surface area (Å²) < 4.78 is 0. The van der Waals surface area contributed by atoms with Gasteiger partial charge in [-0.25, -0.2) is 0 Å². The lowest BCUT2D eigenvalue weighted by Crippen LogP contribution is -2.00. The van der Waals surface area contributed by atoms with Crippen molar-refractivity contribution in [2.75, 3.05) is 5.32 Å². The number of para-hydroxylation sites is 1.